The monoisotopic (exact) mass is 417 g/mol. The van der Waals surface area contributed by atoms with Crippen molar-refractivity contribution >= 4 is 23.6 Å². The van der Waals surface area contributed by atoms with E-state index >= 15 is 0 Å². The molecule has 29 heavy (non-hydrogen) atoms. The van der Waals surface area contributed by atoms with Crippen molar-refractivity contribution in [2.75, 3.05) is 13.4 Å². The quantitative estimate of drug-likeness (QED) is 0.381. The molecule has 0 aliphatic heterocycles. The molecular weight excluding hydrogens is 390 g/mol. The van der Waals surface area contributed by atoms with Crippen LogP contribution in [-0.4, -0.2) is 41.3 Å². The van der Waals surface area contributed by atoms with Crippen LogP contribution in [0.1, 0.15) is 35.9 Å². The van der Waals surface area contributed by atoms with Crippen molar-refractivity contribution < 1.29 is 19.1 Å². The SMILES string of the molecule is COc1ccc(CNC(=O)[C@@H](C)OC(=O)CCc2c(C)nc(SC)nc2C)cc1. The van der Waals surface area contributed by atoms with Crippen LogP contribution in [0.3, 0.4) is 0 Å². The van der Waals surface area contributed by atoms with Crippen LogP contribution in [0.2, 0.25) is 0 Å². The lowest BCUT2D eigenvalue weighted by molar-refractivity contribution is -0.154. The Hall–Kier alpha value is -2.61. The van der Waals surface area contributed by atoms with Crippen LogP contribution in [0, 0.1) is 13.8 Å². The number of nitrogens with zero attached hydrogens (tertiary/aromatic N) is 2. The van der Waals surface area contributed by atoms with E-state index in [9.17, 15) is 9.59 Å². The lowest BCUT2D eigenvalue weighted by Gasteiger charge is -2.14. The number of nitrogens with one attached hydrogen (secondary N) is 1. The molecule has 0 unspecified atom stereocenters. The first-order valence-electron chi connectivity index (χ1n) is 9.32. The number of esters is 1. The van der Waals surface area contributed by atoms with Crippen LogP contribution in [0.25, 0.3) is 0 Å². The predicted octanol–water partition coefficient (Wildman–Crippen LogP) is 3.00. The maximum atomic E-state index is 12.2. The zero-order valence-corrected chi connectivity index (χ0v) is 18.3. The lowest BCUT2D eigenvalue weighted by Crippen LogP contribution is -2.35. The smallest absolute Gasteiger partial charge is 0.306 e. The van der Waals surface area contributed by atoms with Gasteiger partial charge in [-0.15, -0.1) is 0 Å². The summed E-state index contributed by atoms with van der Waals surface area (Å²) in [6.45, 7) is 5.73. The van der Waals surface area contributed by atoms with Crippen LogP contribution in [0.4, 0.5) is 0 Å². The van der Waals surface area contributed by atoms with Crippen LogP contribution >= 0.6 is 11.8 Å². The zero-order valence-electron chi connectivity index (χ0n) is 17.4. The Labute approximate surface area is 175 Å². The van der Waals surface area contributed by atoms with Gasteiger partial charge in [0.25, 0.3) is 5.91 Å². The fraction of sp³-hybridized carbons (Fsp3) is 0.429. The first-order chi connectivity index (χ1) is 13.8. The fourth-order valence-corrected chi connectivity index (χ4v) is 3.23. The molecule has 1 aromatic heterocycles. The Kier molecular flexibility index (Phi) is 8.45. The minimum Gasteiger partial charge on any atom is -0.497 e. The Morgan fingerprint density at radius 2 is 1.76 bits per heavy atom. The van der Waals surface area contributed by atoms with E-state index in [1.54, 1.807) is 14.0 Å². The normalized spacial score (nSPS) is 11.6. The molecule has 156 valence electrons. The van der Waals surface area contributed by atoms with Gasteiger partial charge in [-0.25, -0.2) is 9.97 Å². The molecule has 0 aliphatic rings. The molecule has 1 aromatic carbocycles. The fourth-order valence-electron chi connectivity index (χ4n) is 2.77. The number of carbonyl (C=O) groups excluding carboxylic acids is 2. The average Bonchev–Trinajstić information content (AvgIpc) is 2.71. The summed E-state index contributed by atoms with van der Waals surface area (Å²) in [5.74, 6) is -0.0136. The first-order valence-corrected chi connectivity index (χ1v) is 10.5. The summed E-state index contributed by atoms with van der Waals surface area (Å²) in [5.41, 5.74) is 3.59. The van der Waals surface area contributed by atoms with Gasteiger partial charge < -0.3 is 14.8 Å². The van der Waals surface area contributed by atoms with Gasteiger partial charge in [0.2, 0.25) is 0 Å². The molecule has 0 aliphatic carbocycles. The third-order valence-electron chi connectivity index (χ3n) is 4.47. The summed E-state index contributed by atoms with van der Waals surface area (Å²) in [5, 5.41) is 3.48. The van der Waals surface area contributed by atoms with E-state index in [0.29, 0.717) is 18.1 Å². The van der Waals surface area contributed by atoms with Gasteiger partial charge in [-0.05, 0) is 56.7 Å². The topological polar surface area (TPSA) is 90.4 Å². The second-order valence-electron chi connectivity index (χ2n) is 6.56. The summed E-state index contributed by atoms with van der Waals surface area (Å²) in [4.78, 5) is 33.2. The zero-order chi connectivity index (χ0) is 21.4. The van der Waals surface area contributed by atoms with Gasteiger partial charge in [-0.1, -0.05) is 23.9 Å². The number of benzene rings is 1. The number of rotatable bonds is 9. The highest BCUT2D eigenvalue weighted by Crippen LogP contribution is 2.17. The molecular formula is C21H27N3O4S. The summed E-state index contributed by atoms with van der Waals surface area (Å²) in [6, 6.07) is 7.38. The van der Waals surface area contributed by atoms with Crippen molar-refractivity contribution in [2.24, 2.45) is 0 Å². The van der Waals surface area contributed by atoms with Gasteiger partial charge in [0.05, 0.1) is 7.11 Å². The highest BCUT2D eigenvalue weighted by Gasteiger charge is 2.18. The largest absolute Gasteiger partial charge is 0.497 e. The van der Waals surface area contributed by atoms with Crippen LogP contribution in [0.15, 0.2) is 29.4 Å². The van der Waals surface area contributed by atoms with Crippen molar-refractivity contribution in [3.05, 3.63) is 46.8 Å². The molecule has 1 atom stereocenters. The predicted molar refractivity (Wildman–Crippen MR) is 112 cm³/mol. The summed E-state index contributed by atoms with van der Waals surface area (Å²) in [6.07, 6.45) is 1.70. The number of hydrogen-bond donors (Lipinski definition) is 1. The first kappa shape index (κ1) is 22.7. The van der Waals surface area contributed by atoms with Crippen LogP contribution in [0.5, 0.6) is 5.75 Å². The minimum absolute atomic E-state index is 0.166. The molecule has 2 aromatic rings. The maximum Gasteiger partial charge on any atom is 0.306 e. The van der Waals surface area contributed by atoms with Crippen molar-refractivity contribution in [3.8, 4) is 5.75 Å². The van der Waals surface area contributed by atoms with E-state index in [1.165, 1.54) is 11.8 Å². The molecule has 0 spiro atoms. The van der Waals surface area contributed by atoms with Gasteiger partial charge in [-0.3, -0.25) is 9.59 Å². The summed E-state index contributed by atoms with van der Waals surface area (Å²) >= 11 is 1.48. The molecule has 0 fully saturated rings. The third kappa shape index (κ3) is 6.74. The van der Waals surface area contributed by atoms with E-state index in [1.807, 2.05) is 44.4 Å². The van der Waals surface area contributed by atoms with Crippen LogP contribution in [-0.2, 0) is 27.3 Å². The number of aryl methyl sites for hydroxylation is 2. The number of aromatic nitrogens is 2. The number of methoxy groups -OCH3 is 1. The Balaban J connectivity index is 1.81. The van der Waals surface area contributed by atoms with Crippen LogP contribution < -0.4 is 10.1 Å². The maximum absolute atomic E-state index is 12.2. The van der Waals surface area contributed by atoms with Gasteiger partial charge in [0.1, 0.15) is 5.75 Å². The number of amides is 1. The van der Waals surface area contributed by atoms with Crippen molar-refractivity contribution in [1.82, 2.24) is 15.3 Å². The molecule has 1 heterocycles. The molecule has 0 bridgehead atoms. The summed E-state index contributed by atoms with van der Waals surface area (Å²) < 4.78 is 10.4. The number of carbonyl (C=O) groups is 2. The second-order valence-corrected chi connectivity index (χ2v) is 7.33. The van der Waals surface area contributed by atoms with Crippen molar-refractivity contribution in [2.45, 2.75) is 51.4 Å². The number of ether oxygens (including phenoxy) is 2. The summed E-state index contributed by atoms with van der Waals surface area (Å²) in [7, 11) is 1.60. The van der Waals surface area contributed by atoms with Gasteiger partial charge in [0.15, 0.2) is 11.3 Å². The standard InChI is InChI=1S/C21H27N3O4S/c1-13-18(14(2)24-21(23-13)29-5)10-11-19(25)28-15(3)20(26)22-12-16-6-8-17(27-4)9-7-16/h6-9,15H,10-12H2,1-5H3,(H,22,26)/t15-/m1/s1. The molecule has 1 amide bonds. The molecule has 0 saturated carbocycles. The van der Waals surface area contributed by atoms with E-state index in [4.69, 9.17) is 9.47 Å². The Morgan fingerprint density at radius 1 is 1.14 bits per heavy atom. The highest BCUT2D eigenvalue weighted by molar-refractivity contribution is 7.98. The second kappa shape index (κ2) is 10.8. The molecule has 0 saturated heterocycles. The van der Waals surface area contributed by atoms with Crippen molar-refractivity contribution in [1.29, 1.82) is 0 Å². The molecule has 7 nitrogen and oxygen atoms in total. The van der Waals surface area contributed by atoms with Gasteiger partial charge in [-0.2, -0.15) is 0 Å². The van der Waals surface area contributed by atoms with E-state index in [2.05, 4.69) is 15.3 Å². The number of hydrogen-bond acceptors (Lipinski definition) is 7. The Bertz CT molecular complexity index is 832. The van der Waals surface area contributed by atoms with E-state index in [0.717, 1.165) is 28.3 Å². The van der Waals surface area contributed by atoms with E-state index in [-0.39, 0.29) is 12.3 Å². The van der Waals surface area contributed by atoms with Gasteiger partial charge in [0, 0.05) is 24.4 Å². The molecule has 0 radical (unpaired) electrons. The molecule has 1 N–H and O–H groups in total. The number of thioether (sulfide) groups is 1. The van der Waals surface area contributed by atoms with Crippen molar-refractivity contribution in [3.63, 3.8) is 0 Å². The highest BCUT2D eigenvalue weighted by atomic mass is 32.2. The molecule has 2 rings (SSSR count). The third-order valence-corrected chi connectivity index (χ3v) is 5.01. The Morgan fingerprint density at radius 3 is 2.31 bits per heavy atom. The minimum atomic E-state index is -0.863. The average molecular weight is 418 g/mol. The van der Waals surface area contributed by atoms with Gasteiger partial charge >= 0.3 is 5.97 Å². The molecule has 8 heteroatoms. The van der Waals surface area contributed by atoms with E-state index < -0.39 is 12.1 Å². The lowest BCUT2D eigenvalue weighted by atomic mass is 10.1.